The van der Waals surface area contributed by atoms with Crippen LogP contribution >= 0.6 is 0 Å². The average molecular weight is 375 g/mol. The second kappa shape index (κ2) is 7.06. The molecule has 2 heterocycles. The normalized spacial score (nSPS) is 11.8. The van der Waals surface area contributed by atoms with Gasteiger partial charge in [0.1, 0.15) is 11.3 Å². The van der Waals surface area contributed by atoms with Crippen LogP contribution < -0.4 is 5.32 Å². The molecular formula is C20H20F3N3O. The van der Waals surface area contributed by atoms with E-state index in [1.807, 2.05) is 32.9 Å². The van der Waals surface area contributed by atoms with Crippen LogP contribution in [-0.4, -0.2) is 15.3 Å². The second-order valence-electron chi connectivity index (χ2n) is 6.50. The minimum absolute atomic E-state index is 0.138. The van der Waals surface area contributed by atoms with Crippen molar-refractivity contribution in [2.45, 2.75) is 39.8 Å². The first-order valence-corrected chi connectivity index (χ1v) is 8.68. The number of carbonyl (C=O) groups excluding carboxylic acids is 1. The summed E-state index contributed by atoms with van der Waals surface area (Å²) in [6, 6.07) is 7.78. The summed E-state index contributed by atoms with van der Waals surface area (Å²) in [5.41, 5.74) is 2.67. The van der Waals surface area contributed by atoms with E-state index in [1.165, 1.54) is 10.5 Å². The molecule has 0 fully saturated rings. The number of hydrogen-bond acceptors (Lipinski definition) is 2. The molecule has 3 aromatic rings. The number of benzene rings is 1. The maximum Gasteiger partial charge on any atom is 0.417 e. The van der Waals surface area contributed by atoms with Crippen molar-refractivity contribution in [3.05, 3.63) is 64.6 Å². The van der Waals surface area contributed by atoms with Crippen molar-refractivity contribution < 1.29 is 18.0 Å². The first-order valence-electron chi connectivity index (χ1n) is 8.68. The van der Waals surface area contributed by atoms with Crippen LogP contribution in [0.2, 0.25) is 0 Å². The summed E-state index contributed by atoms with van der Waals surface area (Å²) in [5.74, 6) is -0.473. The van der Waals surface area contributed by atoms with Crippen LogP contribution in [-0.2, 0) is 12.6 Å². The Bertz CT molecular complexity index is 1010. The van der Waals surface area contributed by atoms with Gasteiger partial charge < -0.3 is 5.32 Å². The number of anilines is 1. The summed E-state index contributed by atoms with van der Waals surface area (Å²) in [6.45, 7) is 5.74. The summed E-state index contributed by atoms with van der Waals surface area (Å²) in [5, 5.41) is 2.82. The highest BCUT2D eigenvalue weighted by atomic mass is 19.4. The Balaban J connectivity index is 2.11. The molecule has 0 bridgehead atoms. The minimum Gasteiger partial charge on any atom is -0.320 e. The van der Waals surface area contributed by atoms with Crippen LogP contribution in [0.1, 0.15) is 46.2 Å². The van der Waals surface area contributed by atoms with Crippen LogP contribution in [0, 0.1) is 13.8 Å². The number of alkyl halides is 3. The highest BCUT2D eigenvalue weighted by molar-refractivity contribution is 6.05. The summed E-state index contributed by atoms with van der Waals surface area (Å²) >= 11 is 0. The summed E-state index contributed by atoms with van der Waals surface area (Å²) in [7, 11) is 0. The predicted octanol–water partition coefficient (Wildman–Crippen LogP) is 5.17. The topological polar surface area (TPSA) is 46.4 Å². The van der Waals surface area contributed by atoms with Gasteiger partial charge in [0.05, 0.1) is 11.3 Å². The van der Waals surface area contributed by atoms with E-state index in [-0.39, 0.29) is 5.69 Å². The van der Waals surface area contributed by atoms with Gasteiger partial charge in [-0.3, -0.25) is 9.20 Å². The van der Waals surface area contributed by atoms with Gasteiger partial charge >= 0.3 is 6.18 Å². The maximum atomic E-state index is 13.1. The quantitative estimate of drug-likeness (QED) is 0.683. The Labute approximate surface area is 155 Å². The number of nitrogens with one attached hydrogen (secondary N) is 1. The van der Waals surface area contributed by atoms with E-state index in [0.717, 1.165) is 29.8 Å². The van der Waals surface area contributed by atoms with Crippen molar-refractivity contribution >= 4 is 17.2 Å². The molecule has 0 aliphatic carbocycles. The molecule has 0 aliphatic rings. The number of fused-ring (bicyclic) bond motifs is 1. The molecule has 1 N–H and O–H groups in total. The molecule has 0 aliphatic heterocycles. The third kappa shape index (κ3) is 3.67. The van der Waals surface area contributed by atoms with E-state index in [0.29, 0.717) is 23.4 Å². The molecule has 2 aromatic heterocycles. The Morgan fingerprint density at radius 2 is 1.93 bits per heavy atom. The number of nitrogens with zero attached hydrogens (tertiary/aromatic N) is 2. The lowest BCUT2D eigenvalue weighted by Gasteiger charge is -2.12. The Morgan fingerprint density at radius 1 is 1.19 bits per heavy atom. The molecule has 0 unspecified atom stereocenters. The molecule has 27 heavy (non-hydrogen) atoms. The highest BCUT2D eigenvalue weighted by Crippen LogP contribution is 2.30. The Hall–Kier alpha value is -2.83. The molecular weight excluding hydrogens is 355 g/mol. The zero-order valence-electron chi connectivity index (χ0n) is 15.3. The van der Waals surface area contributed by atoms with Crippen LogP contribution in [0.5, 0.6) is 0 Å². The molecule has 0 atom stereocenters. The smallest absolute Gasteiger partial charge is 0.320 e. The van der Waals surface area contributed by atoms with Gasteiger partial charge in [-0.05, 0) is 49.6 Å². The van der Waals surface area contributed by atoms with Gasteiger partial charge in [-0.2, -0.15) is 13.2 Å². The van der Waals surface area contributed by atoms with Gasteiger partial charge in [0.2, 0.25) is 0 Å². The van der Waals surface area contributed by atoms with Crippen molar-refractivity contribution in [1.29, 1.82) is 0 Å². The fourth-order valence-corrected chi connectivity index (χ4v) is 2.98. The van der Waals surface area contributed by atoms with E-state index >= 15 is 0 Å². The molecule has 0 saturated heterocycles. The molecule has 0 saturated carbocycles. The average Bonchev–Trinajstić information content (AvgIpc) is 2.95. The summed E-state index contributed by atoms with van der Waals surface area (Å²) < 4.78 is 40.6. The highest BCUT2D eigenvalue weighted by Gasteiger charge is 2.32. The fraction of sp³-hybridized carbons (Fsp3) is 0.300. The molecule has 4 nitrogen and oxygen atoms in total. The number of aryl methyl sites for hydroxylation is 2. The van der Waals surface area contributed by atoms with Gasteiger partial charge in [-0.1, -0.05) is 25.5 Å². The van der Waals surface area contributed by atoms with Gasteiger partial charge in [-0.25, -0.2) is 4.98 Å². The zero-order chi connectivity index (χ0) is 19.8. The van der Waals surface area contributed by atoms with Crippen LogP contribution in [0.4, 0.5) is 18.9 Å². The second-order valence-corrected chi connectivity index (χ2v) is 6.50. The molecule has 3 rings (SSSR count). The molecule has 0 spiro atoms. The van der Waals surface area contributed by atoms with E-state index in [2.05, 4.69) is 10.3 Å². The third-order valence-electron chi connectivity index (χ3n) is 4.57. The monoisotopic (exact) mass is 375 g/mol. The van der Waals surface area contributed by atoms with Crippen LogP contribution in [0.15, 0.2) is 36.5 Å². The van der Waals surface area contributed by atoms with E-state index < -0.39 is 17.6 Å². The maximum absolute atomic E-state index is 13.1. The van der Waals surface area contributed by atoms with Gasteiger partial charge in [0.15, 0.2) is 0 Å². The van der Waals surface area contributed by atoms with E-state index in [4.69, 9.17) is 0 Å². The number of rotatable bonds is 4. The summed E-state index contributed by atoms with van der Waals surface area (Å²) in [4.78, 5) is 17.3. The molecule has 0 radical (unpaired) electrons. The predicted molar refractivity (Wildman–Crippen MR) is 98.1 cm³/mol. The Kier molecular flexibility index (Phi) is 4.95. The van der Waals surface area contributed by atoms with Crippen LogP contribution in [0.3, 0.4) is 0 Å². The lowest BCUT2D eigenvalue weighted by Crippen LogP contribution is -2.18. The van der Waals surface area contributed by atoms with Gasteiger partial charge in [-0.15, -0.1) is 0 Å². The number of hydrogen-bond donors (Lipinski definition) is 1. The molecule has 7 heteroatoms. The first-order chi connectivity index (χ1) is 12.7. The largest absolute Gasteiger partial charge is 0.417 e. The molecule has 142 valence electrons. The number of amides is 1. The fourth-order valence-electron chi connectivity index (χ4n) is 2.98. The van der Waals surface area contributed by atoms with Crippen molar-refractivity contribution in [3.8, 4) is 0 Å². The van der Waals surface area contributed by atoms with Gasteiger partial charge in [0, 0.05) is 11.9 Å². The lowest BCUT2D eigenvalue weighted by atomic mass is 10.1. The van der Waals surface area contributed by atoms with Crippen molar-refractivity contribution in [3.63, 3.8) is 0 Å². The molecule has 1 aromatic carbocycles. The number of imidazole rings is 1. The minimum atomic E-state index is -4.50. The van der Waals surface area contributed by atoms with Crippen molar-refractivity contribution in [1.82, 2.24) is 9.38 Å². The van der Waals surface area contributed by atoms with Crippen LogP contribution in [0.25, 0.3) is 5.65 Å². The van der Waals surface area contributed by atoms with E-state index in [1.54, 1.807) is 6.07 Å². The van der Waals surface area contributed by atoms with Crippen molar-refractivity contribution in [2.24, 2.45) is 0 Å². The van der Waals surface area contributed by atoms with E-state index in [9.17, 15) is 18.0 Å². The van der Waals surface area contributed by atoms with Crippen molar-refractivity contribution in [2.75, 3.05) is 5.32 Å². The standard InChI is InChI=1S/C20H20F3N3O/c1-4-6-16-18(19(27)25-15-8-5-7-12(2)13(15)3)26-11-14(20(21,22)23)9-10-17(26)24-16/h5,7-11H,4,6H2,1-3H3,(H,25,27). The number of aromatic nitrogens is 2. The number of halogens is 3. The third-order valence-corrected chi connectivity index (χ3v) is 4.57. The SMILES string of the molecule is CCCc1nc2ccc(C(F)(F)F)cn2c1C(=O)Nc1cccc(C)c1C. The summed E-state index contributed by atoms with van der Waals surface area (Å²) in [6.07, 6.45) is -2.35. The first kappa shape index (κ1) is 18.9. The lowest BCUT2D eigenvalue weighted by molar-refractivity contribution is -0.137. The number of pyridine rings is 1. The zero-order valence-corrected chi connectivity index (χ0v) is 15.3. The Morgan fingerprint density at radius 3 is 2.59 bits per heavy atom. The number of carbonyl (C=O) groups is 1. The molecule has 1 amide bonds. The van der Waals surface area contributed by atoms with Gasteiger partial charge in [0.25, 0.3) is 5.91 Å².